The van der Waals surface area contributed by atoms with E-state index in [-0.39, 0.29) is 27.2 Å². The molecule has 0 N–H and O–H groups in total. The third-order valence-corrected chi connectivity index (χ3v) is 4.34. The van der Waals surface area contributed by atoms with Crippen LogP contribution in [0.1, 0.15) is 25.3 Å². The van der Waals surface area contributed by atoms with Crippen molar-refractivity contribution in [2.75, 3.05) is 0 Å². The summed E-state index contributed by atoms with van der Waals surface area (Å²) in [6.45, 7) is 3.97. The molecule has 1 aromatic carbocycles. The Morgan fingerprint density at radius 1 is 1.25 bits per heavy atom. The number of fused-ring (bicyclic) bond motifs is 1. The molecule has 0 atom stereocenters. The molecule has 2 aromatic heterocycles. The second-order valence-electron chi connectivity index (χ2n) is 5.87. The molecule has 124 valence electrons. The minimum atomic E-state index is -0.614. The van der Waals surface area contributed by atoms with E-state index in [1.807, 2.05) is 13.8 Å². The molecular formula is C17H14Cl2FN3O. The molecule has 0 aliphatic rings. The molecule has 0 amide bonds. The Kier molecular flexibility index (Phi) is 4.32. The lowest BCUT2D eigenvalue weighted by molar-refractivity contribution is 0.636. The Hall–Kier alpha value is -1.98. The Bertz CT molecular complexity index is 1010. The summed E-state index contributed by atoms with van der Waals surface area (Å²) in [7, 11) is 1.61. The van der Waals surface area contributed by atoms with Crippen molar-refractivity contribution in [3.05, 3.63) is 56.6 Å². The van der Waals surface area contributed by atoms with Crippen LogP contribution in [0, 0.1) is 5.82 Å². The molecule has 3 aromatic rings. The van der Waals surface area contributed by atoms with Crippen LogP contribution in [0.25, 0.3) is 22.0 Å². The highest BCUT2D eigenvalue weighted by atomic mass is 35.5. The lowest BCUT2D eigenvalue weighted by Crippen LogP contribution is -2.19. The summed E-state index contributed by atoms with van der Waals surface area (Å²) in [5.74, 6) is -0.505. The van der Waals surface area contributed by atoms with Crippen molar-refractivity contribution in [3.8, 4) is 11.3 Å². The molecule has 0 bridgehead atoms. The molecule has 4 nitrogen and oxygen atoms in total. The number of benzene rings is 1. The van der Waals surface area contributed by atoms with Gasteiger partial charge in [0.15, 0.2) is 0 Å². The molecule has 24 heavy (non-hydrogen) atoms. The molecular weight excluding hydrogens is 352 g/mol. The number of aromatic nitrogens is 3. The summed E-state index contributed by atoms with van der Waals surface area (Å²) in [6.07, 6.45) is 3.09. The van der Waals surface area contributed by atoms with Gasteiger partial charge in [0.1, 0.15) is 5.82 Å². The van der Waals surface area contributed by atoms with Crippen LogP contribution in [0.2, 0.25) is 10.3 Å². The van der Waals surface area contributed by atoms with Gasteiger partial charge in [-0.1, -0.05) is 25.4 Å². The molecule has 0 spiro atoms. The summed E-state index contributed by atoms with van der Waals surface area (Å²) in [5, 5.41) is 0.883. The van der Waals surface area contributed by atoms with Gasteiger partial charge >= 0.3 is 0 Å². The Morgan fingerprint density at radius 3 is 2.62 bits per heavy atom. The lowest BCUT2D eigenvalue weighted by atomic mass is 9.96. The van der Waals surface area contributed by atoms with Crippen molar-refractivity contribution >= 4 is 34.0 Å². The average Bonchev–Trinajstić information content (AvgIpc) is 2.52. The molecule has 2 heterocycles. The maximum atomic E-state index is 14.7. The van der Waals surface area contributed by atoms with Crippen molar-refractivity contribution < 1.29 is 4.39 Å². The minimum Gasteiger partial charge on any atom is -0.318 e. The van der Waals surface area contributed by atoms with Crippen LogP contribution in [-0.2, 0) is 7.05 Å². The first-order valence-electron chi connectivity index (χ1n) is 7.30. The molecule has 0 unspecified atom stereocenters. The highest BCUT2D eigenvalue weighted by Crippen LogP contribution is 2.32. The molecule has 0 saturated carbocycles. The molecule has 0 aliphatic carbocycles. The Morgan fingerprint density at radius 2 is 1.96 bits per heavy atom. The van der Waals surface area contributed by atoms with Crippen LogP contribution < -0.4 is 5.56 Å². The predicted molar refractivity (Wildman–Crippen MR) is 94.3 cm³/mol. The maximum Gasteiger partial charge on any atom is 0.261 e. The fourth-order valence-corrected chi connectivity index (χ4v) is 3.04. The zero-order valence-corrected chi connectivity index (χ0v) is 14.8. The first-order chi connectivity index (χ1) is 11.3. The maximum absolute atomic E-state index is 14.7. The van der Waals surface area contributed by atoms with Crippen molar-refractivity contribution in [2.45, 2.75) is 19.8 Å². The third kappa shape index (κ3) is 2.78. The van der Waals surface area contributed by atoms with Crippen LogP contribution in [0.3, 0.4) is 0 Å². The normalized spacial score (nSPS) is 11.5. The van der Waals surface area contributed by atoms with E-state index in [1.54, 1.807) is 19.3 Å². The summed E-state index contributed by atoms with van der Waals surface area (Å²) < 4.78 is 16.1. The number of aryl methyl sites for hydroxylation is 1. The van der Waals surface area contributed by atoms with Gasteiger partial charge in [-0.3, -0.25) is 4.79 Å². The van der Waals surface area contributed by atoms with Gasteiger partial charge in [0.2, 0.25) is 5.28 Å². The lowest BCUT2D eigenvalue weighted by Gasteiger charge is -2.14. The van der Waals surface area contributed by atoms with Crippen LogP contribution in [-0.4, -0.2) is 14.5 Å². The Labute approximate surface area is 147 Å². The van der Waals surface area contributed by atoms with E-state index in [0.29, 0.717) is 16.6 Å². The van der Waals surface area contributed by atoms with E-state index in [1.165, 1.54) is 16.8 Å². The van der Waals surface area contributed by atoms with Gasteiger partial charge in [-0.15, -0.1) is 0 Å². The number of rotatable bonds is 2. The first-order valence-corrected chi connectivity index (χ1v) is 8.06. The molecule has 0 aliphatic heterocycles. The second kappa shape index (κ2) is 6.15. The highest BCUT2D eigenvalue weighted by molar-refractivity contribution is 6.33. The smallest absolute Gasteiger partial charge is 0.261 e. The van der Waals surface area contributed by atoms with Gasteiger partial charge in [-0.05, 0) is 40.6 Å². The number of hydrogen-bond donors (Lipinski definition) is 0. The van der Waals surface area contributed by atoms with E-state index in [4.69, 9.17) is 23.2 Å². The van der Waals surface area contributed by atoms with E-state index < -0.39 is 5.82 Å². The van der Waals surface area contributed by atoms with Crippen LogP contribution in [0.4, 0.5) is 4.39 Å². The summed E-state index contributed by atoms with van der Waals surface area (Å²) in [6, 6.07) is 2.97. The average molecular weight is 366 g/mol. The van der Waals surface area contributed by atoms with Gasteiger partial charge < -0.3 is 4.57 Å². The zero-order valence-electron chi connectivity index (χ0n) is 13.3. The fourth-order valence-electron chi connectivity index (χ4n) is 2.71. The van der Waals surface area contributed by atoms with Crippen molar-refractivity contribution in [1.82, 2.24) is 14.5 Å². The highest BCUT2D eigenvalue weighted by Gasteiger charge is 2.17. The standard InChI is InChI=1S/C17H14Cl2FN3O/c1-8(2)11-7-23(3)16(24)14-10(11)4-9(5-13(14)20)15-12(18)6-21-17(19)22-15/h4-8H,1-3H3. The van der Waals surface area contributed by atoms with Crippen LogP contribution in [0.5, 0.6) is 0 Å². The minimum absolute atomic E-state index is 0.0166. The summed E-state index contributed by atoms with van der Waals surface area (Å²) in [5.41, 5.74) is 1.26. The summed E-state index contributed by atoms with van der Waals surface area (Å²) >= 11 is 11.9. The molecule has 7 heteroatoms. The van der Waals surface area contributed by atoms with Crippen molar-refractivity contribution in [2.24, 2.45) is 7.05 Å². The van der Waals surface area contributed by atoms with Crippen LogP contribution >= 0.6 is 23.2 Å². The first kappa shape index (κ1) is 16.9. The second-order valence-corrected chi connectivity index (χ2v) is 6.62. The summed E-state index contributed by atoms with van der Waals surface area (Å²) in [4.78, 5) is 20.2. The van der Waals surface area contributed by atoms with Crippen LogP contribution in [0.15, 0.2) is 29.3 Å². The van der Waals surface area contributed by atoms with E-state index >= 15 is 0 Å². The Balaban J connectivity index is 2.42. The van der Waals surface area contributed by atoms with Gasteiger partial charge in [-0.25, -0.2) is 14.4 Å². The van der Waals surface area contributed by atoms with Crippen molar-refractivity contribution in [1.29, 1.82) is 0 Å². The van der Waals surface area contributed by atoms with E-state index in [2.05, 4.69) is 9.97 Å². The topological polar surface area (TPSA) is 47.8 Å². The molecule has 0 fully saturated rings. The quantitative estimate of drug-likeness (QED) is 0.625. The van der Waals surface area contributed by atoms with Crippen molar-refractivity contribution in [3.63, 3.8) is 0 Å². The number of hydrogen-bond acceptors (Lipinski definition) is 3. The zero-order chi connectivity index (χ0) is 17.6. The van der Waals surface area contributed by atoms with Gasteiger partial charge in [-0.2, -0.15) is 0 Å². The molecule has 3 rings (SSSR count). The SMILES string of the molecule is CC(C)c1cn(C)c(=O)c2c(F)cc(-c3nc(Cl)ncc3Cl)cc12. The number of pyridine rings is 1. The third-order valence-electron chi connectivity index (χ3n) is 3.88. The monoisotopic (exact) mass is 365 g/mol. The van der Waals surface area contributed by atoms with E-state index in [0.717, 1.165) is 5.56 Å². The molecule has 0 saturated heterocycles. The fraction of sp³-hybridized carbons (Fsp3) is 0.235. The van der Waals surface area contributed by atoms with Gasteiger partial charge in [0.25, 0.3) is 5.56 Å². The van der Waals surface area contributed by atoms with Gasteiger partial charge in [0.05, 0.1) is 22.3 Å². The largest absolute Gasteiger partial charge is 0.318 e. The molecule has 0 radical (unpaired) electrons. The predicted octanol–water partition coefficient (Wildman–Crippen LogP) is 4.56. The van der Waals surface area contributed by atoms with Gasteiger partial charge in [0, 0.05) is 18.8 Å². The van der Waals surface area contributed by atoms with E-state index in [9.17, 15) is 9.18 Å². The number of halogens is 3. The number of nitrogens with zero attached hydrogens (tertiary/aromatic N) is 3.